The smallest absolute Gasteiger partial charge is 0.449 e. The minimum Gasteiger partial charge on any atom is -0.458 e. The fourth-order valence-electron chi connectivity index (χ4n) is 3.53. The first-order valence-electron chi connectivity index (χ1n) is 10.3. The van der Waals surface area contributed by atoms with Gasteiger partial charge >= 0.3 is 12.2 Å². The second-order valence-corrected chi connectivity index (χ2v) is 8.64. The molecule has 4 heterocycles. The predicted molar refractivity (Wildman–Crippen MR) is 120 cm³/mol. The first-order chi connectivity index (χ1) is 15.8. The van der Waals surface area contributed by atoms with Crippen molar-refractivity contribution in [3.05, 3.63) is 41.0 Å². The molecule has 4 rings (SSSR count). The van der Waals surface area contributed by atoms with Gasteiger partial charge in [-0.1, -0.05) is 19.4 Å². The molecule has 0 atom stereocenters. The van der Waals surface area contributed by atoms with E-state index >= 15 is 0 Å². The number of amidine groups is 2. The number of anilines is 1. The van der Waals surface area contributed by atoms with Crippen LogP contribution in [0, 0.1) is 10.8 Å². The van der Waals surface area contributed by atoms with Crippen LogP contribution in [0.5, 0.6) is 6.01 Å². The number of nitrogens with one attached hydrogen (secondary N) is 2. The lowest BCUT2D eigenvalue weighted by molar-refractivity contribution is -0.0671. The number of fused-ring (bicyclic) bond motifs is 1. The molecular formula is C21H22F3N7OS. The van der Waals surface area contributed by atoms with Crippen LogP contribution in [0.25, 0.3) is 10.2 Å². The summed E-state index contributed by atoms with van der Waals surface area (Å²) in [4.78, 5) is 17.4. The summed E-state index contributed by atoms with van der Waals surface area (Å²) in [5, 5.41) is 16.3. The summed E-state index contributed by atoms with van der Waals surface area (Å²) < 4.78 is 44.7. The van der Waals surface area contributed by atoms with Crippen LogP contribution < -0.4 is 9.64 Å². The molecule has 0 spiro atoms. The van der Waals surface area contributed by atoms with Crippen LogP contribution in [0.2, 0.25) is 0 Å². The van der Waals surface area contributed by atoms with E-state index in [1.54, 1.807) is 23.4 Å². The van der Waals surface area contributed by atoms with Crippen LogP contribution in [0.1, 0.15) is 23.8 Å². The van der Waals surface area contributed by atoms with E-state index in [1.807, 2.05) is 12.1 Å². The summed E-state index contributed by atoms with van der Waals surface area (Å²) in [6, 6.07) is 5.82. The van der Waals surface area contributed by atoms with Crippen molar-refractivity contribution in [2.75, 3.05) is 24.5 Å². The molecular weight excluding hydrogens is 455 g/mol. The molecule has 0 unspecified atom stereocenters. The monoisotopic (exact) mass is 477 g/mol. The Bertz CT molecular complexity index is 1170. The molecule has 1 aliphatic rings. The van der Waals surface area contributed by atoms with Crippen LogP contribution in [-0.2, 0) is 13.0 Å². The summed E-state index contributed by atoms with van der Waals surface area (Å²) in [7, 11) is 0. The highest BCUT2D eigenvalue weighted by molar-refractivity contribution is 7.18. The van der Waals surface area contributed by atoms with E-state index in [4.69, 9.17) is 15.6 Å². The molecule has 12 heteroatoms. The van der Waals surface area contributed by atoms with Crippen molar-refractivity contribution in [3.63, 3.8) is 0 Å². The average molecular weight is 478 g/mol. The van der Waals surface area contributed by atoms with E-state index in [0.717, 1.165) is 33.5 Å². The number of aryl methyl sites for hydroxylation is 1. The molecule has 2 N–H and O–H groups in total. The number of aromatic nitrogens is 3. The van der Waals surface area contributed by atoms with Crippen LogP contribution in [0.3, 0.4) is 0 Å². The topological polar surface area (TPSA) is 102 Å². The number of hydrogen-bond donors (Lipinski definition) is 2. The third-order valence-corrected chi connectivity index (χ3v) is 6.18. The lowest BCUT2D eigenvalue weighted by atomic mass is 10.2. The van der Waals surface area contributed by atoms with E-state index < -0.39 is 12.0 Å². The zero-order valence-electron chi connectivity index (χ0n) is 17.8. The highest BCUT2D eigenvalue weighted by Crippen LogP contribution is 2.34. The van der Waals surface area contributed by atoms with Gasteiger partial charge in [-0.25, -0.2) is 0 Å². The van der Waals surface area contributed by atoms with Gasteiger partial charge in [0.1, 0.15) is 23.1 Å². The summed E-state index contributed by atoms with van der Waals surface area (Å²) in [6.07, 6.45) is 0.381. The Morgan fingerprint density at radius 3 is 2.76 bits per heavy atom. The van der Waals surface area contributed by atoms with E-state index in [2.05, 4.69) is 21.9 Å². The molecule has 3 aromatic heterocycles. The third kappa shape index (κ3) is 5.05. The third-order valence-electron chi connectivity index (χ3n) is 5.09. The molecule has 1 fully saturated rings. The van der Waals surface area contributed by atoms with Crippen molar-refractivity contribution < 1.29 is 17.9 Å². The summed E-state index contributed by atoms with van der Waals surface area (Å²) >= 11 is 1.53. The van der Waals surface area contributed by atoms with E-state index in [1.165, 1.54) is 11.3 Å². The first-order valence-corrected chi connectivity index (χ1v) is 11.2. The van der Waals surface area contributed by atoms with Crippen LogP contribution in [0.4, 0.5) is 19.0 Å². The van der Waals surface area contributed by atoms with Crippen LogP contribution >= 0.6 is 11.3 Å². The van der Waals surface area contributed by atoms with Gasteiger partial charge in [0.25, 0.3) is 0 Å². The Morgan fingerprint density at radius 2 is 2.09 bits per heavy atom. The maximum absolute atomic E-state index is 13.0. The molecule has 0 aliphatic carbocycles. The van der Waals surface area contributed by atoms with Gasteiger partial charge in [0.05, 0.1) is 11.9 Å². The Kier molecular flexibility index (Phi) is 6.45. The summed E-state index contributed by atoms with van der Waals surface area (Å²) in [5.74, 6) is -1.32. The molecule has 8 nitrogen and oxygen atoms in total. The van der Waals surface area contributed by atoms with Gasteiger partial charge in [-0.15, -0.1) is 11.3 Å². The van der Waals surface area contributed by atoms with E-state index in [-0.39, 0.29) is 38.1 Å². The van der Waals surface area contributed by atoms with Gasteiger partial charge in [-0.05, 0) is 18.6 Å². The number of hydrogen-bond acceptors (Lipinski definition) is 8. The quantitative estimate of drug-likeness (QED) is 0.406. The number of halogens is 3. The van der Waals surface area contributed by atoms with Gasteiger partial charge < -0.3 is 14.5 Å². The highest BCUT2D eigenvalue weighted by Gasteiger charge is 2.41. The minimum absolute atomic E-state index is 0.106. The van der Waals surface area contributed by atoms with Gasteiger partial charge in [-0.3, -0.25) is 15.8 Å². The largest absolute Gasteiger partial charge is 0.458 e. The van der Waals surface area contributed by atoms with Gasteiger partial charge in [0.15, 0.2) is 0 Å². The Labute approximate surface area is 192 Å². The van der Waals surface area contributed by atoms with Gasteiger partial charge in [-0.2, -0.15) is 23.1 Å². The second kappa shape index (κ2) is 9.30. The average Bonchev–Trinajstić information content (AvgIpc) is 3.19. The van der Waals surface area contributed by atoms with Crippen molar-refractivity contribution in [1.82, 2.24) is 19.9 Å². The highest BCUT2D eigenvalue weighted by atomic mass is 32.1. The number of alkyl halides is 3. The molecule has 0 radical (unpaired) electrons. The van der Waals surface area contributed by atoms with Crippen LogP contribution in [0.15, 0.2) is 30.6 Å². The molecule has 0 amide bonds. The second-order valence-electron chi connectivity index (χ2n) is 7.53. The van der Waals surface area contributed by atoms with Crippen molar-refractivity contribution >= 4 is 39.0 Å². The maximum atomic E-state index is 13.0. The van der Waals surface area contributed by atoms with Crippen molar-refractivity contribution in [3.8, 4) is 6.01 Å². The van der Waals surface area contributed by atoms with Crippen LogP contribution in [-0.4, -0.2) is 57.3 Å². The number of ether oxygens (including phenoxy) is 1. The van der Waals surface area contributed by atoms with Gasteiger partial charge in [0.2, 0.25) is 5.84 Å². The number of thiophene rings is 1. The fraction of sp³-hybridized carbons (Fsp3) is 0.381. The Hall–Kier alpha value is -3.28. The summed E-state index contributed by atoms with van der Waals surface area (Å²) in [5.41, 5.74) is 0.849. The maximum Gasteiger partial charge on any atom is 0.449 e. The molecule has 1 saturated heterocycles. The standard InChI is InChI=1S/C21H22F3N7OS/c1-2-4-14-9-15-17(30-7-8-31(16(25)11-30)19(26)21(22,23)24)28-20(29-18(15)33-14)32-12-13-5-3-6-27-10-13/h3,5-6,9-10,25-26H,2,4,7-8,11-12H2,1H3. The van der Waals surface area contributed by atoms with E-state index in [0.29, 0.717) is 10.7 Å². The SMILES string of the molecule is CCCc1cc2c(N3CCN(C(=N)C(F)(F)F)C(=N)C3)nc(OCc3cccnc3)nc2s1. The zero-order valence-corrected chi connectivity index (χ0v) is 18.6. The Balaban J connectivity index is 1.62. The lowest BCUT2D eigenvalue weighted by Gasteiger charge is -2.37. The minimum atomic E-state index is -4.80. The van der Waals surface area contributed by atoms with Gasteiger partial charge in [0, 0.05) is 35.9 Å². The first kappa shape index (κ1) is 22.9. The molecule has 0 bridgehead atoms. The molecule has 174 valence electrons. The molecule has 1 aliphatic heterocycles. The van der Waals surface area contributed by atoms with Crippen molar-refractivity contribution in [2.24, 2.45) is 0 Å². The predicted octanol–water partition coefficient (Wildman–Crippen LogP) is 4.26. The van der Waals surface area contributed by atoms with Crippen molar-refractivity contribution in [2.45, 2.75) is 32.5 Å². The van der Waals surface area contributed by atoms with E-state index in [9.17, 15) is 13.2 Å². The fourth-order valence-corrected chi connectivity index (χ4v) is 4.64. The number of pyridine rings is 1. The number of piperazine rings is 1. The molecule has 0 saturated carbocycles. The lowest BCUT2D eigenvalue weighted by Crippen LogP contribution is -2.55. The zero-order chi connectivity index (χ0) is 23.6. The molecule has 0 aromatic carbocycles. The molecule has 3 aromatic rings. The van der Waals surface area contributed by atoms with Crippen molar-refractivity contribution in [1.29, 1.82) is 10.8 Å². The summed E-state index contributed by atoms with van der Waals surface area (Å²) in [6.45, 7) is 2.23. The Morgan fingerprint density at radius 1 is 1.27 bits per heavy atom. The molecule has 33 heavy (non-hydrogen) atoms. The normalized spacial score (nSPS) is 14.7. The number of rotatable bonds is 6. The number of nitrogens with zero attached hydrogens (tertiary/aromatic N) is 5.